The first-order chi connectivity index (χ1) is 2.45. The molecule has 0 atom stereocenters. The molecule has 0 spiro atoms. The van der Waals surface area contributed by atoms with Crippen molar-refractivity contribution >= 4 is 55.2 Å². The van der Waals surface area contributed by atoms with Crippen molar-refractivity contribution in [3.05, 3.63) is 0 Å². The van der Waals surface area contributed by atoms with Gasteiger partial charge in [0.2, 0.25) is 0 Å². The monoisotopic (exact) mass is 512 g/mol. The average molecular weight is 519 g/mol. The van der Waals surface area contributed by atoms with Crippen molar-refractivity contribution in [2.75, 3.05) is 0 Å². The molecule has 0 rings (SSSR count). The normalized spacial score (nSPS) is 18.0. The van der Waals surface area contributed by atoms with Crippen LogP contribution in [0.25, 0.3) is 0 Å². The first kappa shape index (κ1) is 11.5. The topological polar surface area (TPSA) is 0 Å². The first-order valence-electron chi connectivity index (χ1n) is 2.27. The molecular weight excluding hydrogens is 519 g/mol. The summed E-state index contributed by atoms with van der Waals surface area (Å²) in [5.41, 5.74) is 0. The Kier molecular flexibility index (Phi) is 4.11. The van der Waals surface area contributed by atoms with Crippen LogP contribution in [0.15, 0.2) is 0 Å². The van der Waals surface area contributed by atoms with E-state index in [1.807, 2.05) is 0 Å². The van der Waals surface area contributed by atoms with Gasteiger partial charge >= 0.3 is 55.2 Å². The molecule has 0 aromatic carbocycles. The van der Waals surface area contributed by atoms with E-state index in [2.05, 4.69) is 39.6 Å². The Morgan fingerprint density at radius 3 is 0.571 bits per heavy atom. The van der Waals surface area contributed by atoms with Gasteiger partial charge < -0.3 is 0 Å². The maximum absolute atomic E-state index is 3.60. The summed E-state index contributed by atoms with van der Waals surface area (Å²) in [6, 6.07) is 0. The molecule has 0 aliphatic heterocycles. The maximum atomic E-state index is 3.39. The molecule has 1 radical (unpaired) electrons. The Morgan fingerprint density at radius 2 is 0.571 bits per heavy atom. The van der Waals surface area contributed by atoms with Gasteiger partial charge in [0.05, 0.1) is 0 Å². The van der Waals surface area contributed by atoms with Gasteiger partial charge in [0.1, 0.15) is 0 Å². The van der Waals surface area contributed by atoms with Gasteiger partial charge in [0.15, 0.2) is 0 Å². The molecule has 0 N–H and O–H groups in total. The zero-order valence-corrected chi connectivity index (χ0v) is 15.9. The minimum absolute atomic E-state index is 3.39. The second-order valence-electron chi connectivity index (χ2n) is 2.14. The molecule has 0 saturated heterocycles. The van der Waals surface area contributed by atoms with Crippen LogP contribution >= 0.6 is 39.6 Å². The molecule has 0 aliphatic carbocycles. The zero-order chi connectivity index (χ0) is 6.41. The number of rotatable bonds is 0. The van der Waals surface area contributed by atoms with Crippen LogP contribution < -0.4 is 0 Å². The van der Waals surface area contributed by atoms with Gasteiger partial charge in [-0.1, -0.05) is 0 Å². The molecule has 0 heterocycles. The summed E-state index contributed by atoms with van der Waals surface area (Å²) in [5, 5.41) is 0. The molecular formula is Br6K. The van der Waals surface area contributed by atoms with E-state index in [0.29, 0.717) is 0 Å². The third kappa shape index (κ3) is 37.4. The van der Waals surface area contributed by atoms with Crippen LogP contribution in [-0.2, 0) is 0 Å². The third-order valence-corrected chi connectivity index (χ3v) is 0. The Labute approximate surface area is 51.3 Å². The molecule has 0 fully saturated rings. The third-order valence-electron chi connectivity index (χ3n) is 0. The molecule has 7 heteroatoms. The van der Waals surface area contributed by atoms with E-state index in [4.69, 9.17) is 0 Å². The second-order valence-corrected chi connectivity index (χ2v) is 239. The van der Waals surface area contributed by atoms with Gasteiger partial charge in [-0.2, -0.15) is 0 Å². The van der Waals surface area contributed by atoms with E-state index in [0.717, 1.165) is 0 Å². The van der Waals surface area contributed by atoms with Crippen molar-refractivity contribution < 1.29 is 0 Å². The molecule has 43 valence electrons. The van der Waals surface area contributed by atoms with E-state index in [1.54, 1.807) is 0 Å². The predicted octanol–water partition coefficient (Wildman–Crippen LogP) is 4.69. The quantitative estimate of drug-likeness (QED) is 0.408. The van der Waals surface area contributed by atoms with Gasteiger partial charge in [-0.05, 0) is 0 Å². The Balaban J connectivity index is 4.43. The molecule has 0 aromatic heterocycles. The van der Waals surface area contributed by atoms with E-state index in [9.17, 15) is 0 Å². The first-order valence-corrected chi connectivity index (χ1v) is 48.6. The Bertz CT molecular complexity index is 62.7. The van der Waals surface area contributed by atoms with Crippen LogP contribution in [-0.4, -0.2) is 15.6 Å². The summed E-state index contributed by atoms with van der Waals surface area (Å²) < 4.78 is 0. The van der Waals surface area contributed by atoms with Crippen LogP contribution in [0.3, 0.4) is 0 Å². The summed E-state index contributed by atoms with van der Waals surface area (Å²) in [4.78, 5) is 0. The number of halogens is 6. The van der Waals surface area contributed by atoms with E-state index in [1.165, 1.54) is 0 Å². The molecule has 0 aromatic rings. The molecule has 0 unspecified atom stereocenters. The average Bonchev–Trinajstić information content (AvgIpc) is 0.592. The van der Waals surface area contributed by atoms with Crippen LogP contribution in [0.1, 0.15) is 0 Å². The zero-order valence-electron chi connectivity index (χ0n) is 3.27. The molecule has 7 heavy (non-hydrogen) atoms. The summed E-state index contributed by atoms with van der Waals surface area (Å²) in [5.74, 6) is 0. The molecule has 0 amide bonds. The standard InChI is InChI=1S/6BrH.K/h6*1H;/q;;;;;;+6/p-6. The number of hydrogen-bond acceptors (Lipinski definition) is 0. The van der Waals surface area contributed by atoms with Crippen LogP contribution in [0.5, 0.6) is 0 Å². The molecule has 0 bridgehead atoms. The van der Waals surface area contributed by atoms with Crippen LogP contribution in [0.2, 0.25) is 0 Å². The second kappa shape index (κ2) is 2.50. The summed E-state index contributed by atoms with van der Waals surface area (Å²) >= 11 is -3.60. The van der Waals surface area contributed by atoms with Crippen molar-refractivity contribution in [1.82, 2.24) is 0 Å². The van der Waals surface area contributed by atoms with Gasteiger partial charge in [-0.3, -0.25) is 0 Å². The summed E-state index contributed by atoms with van der Waals surface area (Å²) in [6.07, 6.45) is 0. The van der Waals surface area contributed by atoms with Gasteiger partial charge in [0.25, 0.3) is 0 Å². The Morgan fingerprint density at radius 1 is 0.571 bits per heavy atom. The Hall–Kier alpha value is 4.52. The van der Waals surface area contributed by atoms with Crippen molar-refractivity contribution in [3.8, 4) is 0 Å². The minimum atomic E-state index is -3.60. The van der Waals surface area contributed by atoms with E-state index >= 15 is 0 Å². The fraction of sp³-hybridized carbons (Fsp3) is 0. The van der Waals surface area contributed by atoms with Crippen molar-refractivity contribution in [2.24, 2.45) is 0 Å². The molecule has 0 aliphatic rings. The SMILES string of the molecule is [Br][K]([Br])([Br])([Br])([Br])[Br]. The number of hydrogen-bond donors (Lipinski definition) is 0. The molecule has 0 saturated carbocycles. The predicted molar refractivity (Wildman–Crippen MR) is 59.3 cm³/mol. The van der Waals surface area contributed by atoms with Crippen molar-refractivity contribution in [2.45, 2.75) is 0 Å². The molecule has 0 nitrogen and oxygen atoms in total. The van der Waals surface area contributed by atoms with Crippen molar-refractivity contribution in [1.29, 1.82) is 0 Å². The summed E-state index contributed by atoms with van der Waals surface area (Å²) in [6.45, 7) is 20.3. The van der Waals surface area contributed by atoms with Crippen LogP contribution in [0.4, 0.5) is 0 Å². The van der Waals surface area contributed by atoms with E-state index in [-0.39, 0.29) is 0 Å². The van der Waals surface area contributed by atoms with Gasteiger partial charge in [0, 0.05) is 0 Å². The van der Waals surface area contributed by atoms with Gasteiger partial charge in [-0.15, -0.1) is 0 Å². The fourth-order valence-corrected chi connectivity index (χ4v) is 0. The van der Waals surface area contributed by atoms with Crippen molar-refractivity contribution in [3.63, 3.8) is 0 Å². The van der Waals surface area contributed by atoms with Crippen LogP contribution in [0, 0.1) is 0 Å². The summed E-state index contributed by atoms with van der Waals surface area (Å²) in [7, 11) is 0. The van der Waals surface area contributed by atoms with E-state index < -0.39 is 15.6 Å². The van der Waals surface area contributed by atoms with Gasteiger partial charge in [-0.25, -0.2) is 0 Å². The fourth-order valence-electron chi connectivity index (χ4n) is 0.